The van der Waals surface area contributed by atoms with E-state index in [0.717, 1.165) is 22.9 Å². The summed E-state index contributed by atoms with van der Waals surface area (Å²) in [5, 5.41) is 0. The second-order valence-corrected chi connectivity index (χ2v) is 4.68. The predicted molar refractivity (Wildman–Crippen MR) is 60.2 cm³/mol. The van der Waals surface area contributed by atoms with Crippen molar-refractivity contribution in [2.24, 2.45) is 5.73 Å². The average Bonchev–Trinajstić information content (AvgIpc) is 2.96. The number of nitrogens with two attached hydrogens (primary N) is 1. The number of hydrogen-bond acceptors (Lipinski definition) is 2. The molecular weight excluding hydrogens is 258 g/mol. The molecule has 0 saturated heterocycles. The Labute approximate surface area is 96.7 Å². The van der Waals surface area contributed by atoms with E-state index in [4.69, 9.17) is 10.5 Å². The number of ether oxygens (including phenoxy) is 1. The maximum Gasteiger partial charge on any atom is 0.243 e. The topological polar surface area (TPSA) is 52.3 Å². The second kappa shape index (κ2) is 3.94. The van der Waals surface area contributed by atoms with Crippen LogP contribution in [0.15, 0.2) is 28.7 Å². The van der Waals surface area contributed by atoms with Gasteiger partial charge in [-0.2, -0.15) is 0 Å². The minimum atomic E-state index is -0.420. The molecule has 0 aliphatic heterocycles. The molecule has 0 unspecified atom stereocenters. The van der Waals surface area contributed by atoms with Crippen LogP contribution in [0.1, 0.15) is 18.4 Å². The van der Waals surface area contributed by atoms with Crippen molar-refractivity contribution >= 4 is 21.8 Å². The lowest BCUT2D eigenvalue weighted by molar-refractivity contribution is -0.125. The van der Waals surface area contributed by atoms with Crippen LogP contribution >= 0.6 is 15.9 Å². The molecule has 0 heterocycles. The zero-order valence-electron chi connectivity index (χ0n) is 8.20. The van der Waals surface area contributed by atoms with Crippen molar-refractivity contribution in [3.63, 3.8) is 0 Å². The summed E-state index contributed by atoms with van der Waals surface area (Å²) in [6.45, 7) is -0.00743. The fraction of sp³-hybridized carbons (Fsp3) is 0.364. The highest BCUT2D eigenvalue weighted by molar-refractivity contribution is 9.10. The molecule has 0 spiro atoms. The van der Waals surface area contributed by atoms with E-state index in [1.807, 2.05) is 24.3 Å². The van der Waals surface area contributed by atoms with Gasteiger partial charge in [0.05, 0.1) is 5.60 Å². The lowest BCUT2D eigenvalue weighted by Gasteiger charge is -2.16. The van der Waals surface area contributed by atoms with Crippen LogP contribution in [-0.4, -0.2) is 12.5 Å². The molecule has 1 aromatic rings. The Morgan fingerprint density at radius 2 is 2.27 bits per heavy atom. The summed E-state index contributed by atoms with van der Waals surface area (Å²) in [5.74, 6) is -0.420. The first kappa shape index (κ1) is 10.6. The fourth-order valence-corrected chi connectivity index (χ4v) is 2.01. The van der Waals surface area contributed by atoms with Gasteiger partial charge < -0.3 is 10.5 Å². The second-order valence-electron chi connectivity index (χ2n) is 3.76. The zero-order valence-corrected chi connectivity index (χ0v) is 9.79. The molecule has 0 bridgehead atoms. The Morgan fingerprint density at radius 3 is 2.80 bits per heavy atom. The van der Waals surface area contributed by atoms with Crippen LogP contribution < -0.4 is 5.73 Å². The van der Waals surface area contributed by atoms with Crippen LogP contribution in [-0.2, 0) is 15.1 Å². The van der Waals surface area contributed by atoms with Crippen molar-refractivity contribution in [2.45, 2.75) is 18.4 Å². The van der Waals surface area contributed by atoms with Gasteiger partial charge in [0.2, 0.25) is 5.91 Å². The average molecular weight is 270 g/mol. The number of hydrogen-bond donors (Lipinski definition) is 1. The molecule has 2 rings (SSSR count). The molecule has 0 radical (unpaired) electrons. The Balaban J connectivity index is 2.12. The third-order valence-electron chi connectivity index (χ3n) is 2.55. The molecular formula is C11H12BrNO2. The summed E-state index contributed by atoms with van der Waals surface area (Å²) in [6.07, 6.45) is 1.91. The van der Waals surface area contributed by atoms with E-state index >= 15 is 0 Å². The van der Waals surface area contributed by atoms with Crippen molar-refractivity contribution in [3.8, 4) is 0 Å². The van der Waals surface area contributed by atoms with E-state index in [-0.39, 0.29) is 12.2 Å². The summed E-state index contributed by atoms with van der Waals surface area (Å²) in [7, 11) is 0. The molecule has 1 saturated carbocycles. The van der Waals surface area contributed by atoms with Gasteiger partial charge in [0, 0.05) is 4.47 Å². The van der Waals surface area contributed by atoms with Crippen LogP contribution in [0.5, 0.6) is 0 Å². The Kier molecular flexibility index (Phi) is 2.80. The molecule has 0 aromatic heterocycles. The maximum atomic E-state index is 10.7. The van der Waals surface area contributed by atoms with E-state index in [1.54, 1.807) is 0 Å². The smallest absolute Gasteiger partial charge is 0.243 e. The Morgan fingerprint density at radius 1 is 1.53 bits per heavy atom. The third kappa shape index (κ3) is 2.38. The minimum absolute atomic E-state index is 0.00743. The van der Waals surface area contributed by atoms with Gasteiger partial charge in [0.25, 0.3) is 0 Å². The quantitative estimate of drug-likeness (QED) is 0.909. The Hall–Kier alpha value is -0.870. The highest BCUT2D eigenvalue weighted by Gasteiger charge is 2.46. The molecule has 3 nitrogen and oxygen atoms in total. The minimum Gasteiger partial charge on any atom is -0.368 e. The maximum absolute atomic E-state index is 10.7. The van der Waals surface area contributed by atoms with Crippen molar-refractivity contribution in [1.29, 1.82) is 0 Å². The van der Waals surface area contributed by atoms with E-state index in [0.29, 0.717) is 0 Å². The van der Waals surface area contributed by atoms with Gasteiger partial charge in [-0.3, -0.25) is 4.79 Å². The normalized spacial score (nSPS) is 17.4. The number of primary amides is 1. The van der Waals surface area contributed by atoms with Gasteiger partial charge in [0.15, 0.2) is 0 Å². The van der Waals surface area contributed by atoms with Gasteiger partial charge >= 0.3 is 0 Å². The predicted octanol–water partition coefficient (Wildman–Crippen LogP) is 1.94. The van der Waals surface area contributed by atoms with Crippen LogP contribution in [0.3, 0.4) is 0 Å². The SMILES string of the molecule is NC(=O)COC1(c2cccc(Br)c2)CC1. The molecule has 1 aromatic carbocycles. The fourth-order valence-electron chi connectivity index (χ4n) is 1.61. The monoisotopic (exact) mass is 269 g/mol. The highest BCUT2D eigenvalue weighted by atomic mass is 79.9. The van der Waals surface area contributed by atoms with E-state index < -0.39 is 5.91 Å². The molecule has 80 valence electrons. The molecule has 4 heteroatoms. The molecule has 1 aliphatic carbocycles. The van der Waals surface area contributed by atoms with Gasteiger partial charge in [-0.25, -0.2) is 0 Å². The number of carbonyl (C=O) groups excluding carboxylic acids is 1. The molecule has 1 fully saturated rings. The summed E-state index contributed by atoms with van der Waals surface area (Å²) in [5.41, 5.74) is 5.91. The van der Waals surface area contributed by atoms with Crippen molar-refractivity contribution in [1.82, 2.24) is 0 Å². The number of carbonyl (C=O) groups is 1. The van der Waals surface area contributed by atoms with Crippen LogP contribution in [0.25, 0.3) is 0 Å². The summed E-state index contributed by atoms with van der Waals surface area (Å²) in [4.78, 5) is 10.7. The number of halogens is 1. The van der Waals surface area contributed by atoms with E-state index in [9.17, 15) is 4.79 Å². The van der Waals surface area contributed by atoms with Gasteiger partial charge in [0.1, 0.15) is 6.61 Å². The first-order valence-corrected chi connectivity index (χ1v) is 5.60. The van der Waals surface area contributed by atoms with Crippen molar-refractivity contribution in [2.75, 3.05) is 6.61 Å². The van der Waals surface area contributed by atoms with Crippen LogP contribution in [0, 0.1) is 0 Å². The van der Waals surface area contributed by atoms with E-state index in [1.165, 1.54) is 0 Å². The third-order valence-corrected chi connectivity index (χ3v) is 3.04. The lowest BCUT2D eigenvalue weighted by atomic mass is 10.1. The van der Waals surface area contributed by atoms with Crippen molar-refractivity contribution in [3.05, 3.63) is 34.3 Å². The molecule has 2 N–H and O–H groups in total. The standard InChI is InChI=1S/C11H12BrNO2/c12-9-3-1-2-8(6-9)11(4-5-11)15-7-10(13)14/h1-3,6H,4-5,7H2,(H2,13,14). The highest BCUT2D eigenvalue weighted by Crippen LogP contribution is 2.49. The number of rotatable bonds is 4. The van der Waals surface area contributed by atoms with Crippen molar-refractivity contribution < 1.29 is 9.53 Å². The number of benzene rings is 1. The van der Waals surface area contributed by atoms with E-state index in [2.05, 4.69) is 15.9 Å². The summed E-state index contributed by atoms with van der Waals surface area (Å²) >= 11 is 3.42. The first-order valence-electron chi connectivity index (χ1n) is 4.81. The van der Waals surface area contributed by atoms with Crippen LogP contribution in [0.2, 0.25) is 0 Å². The molecule has 1 aliphatic rings. The van der Waals surface area contributed by atoms with Gasteiger partial charge in [-0.05, 0) is 30.5 Å². The Bertz CT molecular complexity index is 388. The van der Waals surface area contributed by atoms with Gasteiger partial charge in [-0.15, -0.1) is 0 Å². The first-order chi connectivity index (χ1) is 7.12. The molecule has 15 heavy (non-hydrogen) atoms. The summed E-state index contributed by atoms with van der Waals surface area (Å²) in [6, 6.07) is 7.97. The lowest BCUT2D eigenvalue weighted by Crippen LogP contribution is -2.23. The molecule has 1 amide bonds. The van der Waals surface area contributed by atoms with Crippen LogP contribution in [0.4, 0.5) is 0 Å². The van der Waals surface area contributed by atoms with Gasteiger partial charge in [-0.1, -0.05) is 28.1 Å². The largest absolute Gasteiger partial charge is 0.368 e. The molecule has 0 atom stereocenters. The number of amides is 1. The zero-order chi connectivity index (χ0) is 10.9. The summed E-state index contributed by atoms with van der Waals surface area (Å²) < 4.78 is 6.57.